The maximum absolute atomic E-state index is 13.0. The van der Waals surface area contributed by atoms with Crippen LogP contribution in [-0.2, 0) is 25.5 Å². The average Bonchev–Trinajstić information content (AvgIpc) is 3.12. The summed E-state index contributed by atoms with van der Waals surface area (Å²) in [6.45, 7) is 2.41. The van der Waals surface area contributed by atoms with Gasteiger partial charge < -0.3 is 14.2 Å². The van der Waals surface area contributed by atoms with Crippen molar-refractivity contribution in [2.75, 3.05) is 27.4 Å². The summed E-state index contributed by atoms with van der Waals surface area (Å²) in [7, 11) is 2.86. The molecular weight excluding hydrogens is 444 g/mol. The summed E-state index contributed by atoms with van der Waals surface area (Å²) >= 11 is 1.10. The Morgan fingerprint density at radius 1 is 1.06 bits per heavy atom. The number of thioether (sulfide) groups is 1. The topological polar surface area (TPSA) is 94.5 Å². The molecule has 8 nitrogen and oxygen atoms in total. The SMILES string of the molecule is CCOC(=O)c1ccc(N=C2SC(=CC(=O)OC)C(=O)N2CCc2ccc(OC)cc2)cc1. The van der Waals surface area contributed by atoms with Gasteiger partial charge >= 0.3 is 11.9 Å². The molecule has 2 aromatic rings. The minimum Gasteiger partial charge on any atom is -0.497 e. The minimum absolute atomic E-state index is 0.235. The Balaban J connectivity index is 1.83. The average molecular weight is 469 g/mol. The van der Waals surface area contributed by atoms with E-state index < -0.39 is 11.9 Å². The Morgan fingerprint density at radius 3 is 2.36 bits per heavy atom. The molecule has 0 aliphatic carbocycles. The number of carbonyl (C=O) groups is 3. The van der Waals surface area contributed by atoms with Crippen molar-refractivity contribution in [1.29, 1.82) is 0 Å². The van der Waals surface area contributed by atoms with Gasteiger partial charge in [-0.15, -0.1) is 0 Å². The highest BCUT2D eigenvalue weighted by molar-refractivity contribution is 8.18. The molecule has 1 amide bonds. The van der Waals surface area contributed by atoms with Crippen LogP contribution in [0.5, 0.6) is 5.75 Å². The molecule has 1 aliphatic rings. The predicted octanol–water partition coefficient (Wildman–Crippen LogP) is 3.73. The fraction of sp³-hybridized carbons (Fsp3) is 0.250. The summed E-state index contributed by atoms with van der Waals surface area (Å²) in [5.74, 6) is -0.586. The second kappa shape index (κ2) is 11.3. The Bertz CT molecular complexity index is 1080. The summed E-state index contributed by atoms with van der Waals surface area (Å²) in [5.41, 5.74) is 2.00. The molecule has 9 heteroatoms. The fourth-order valence-corrected chi connectivity index (χ4v) is 3.97. The smallest absolute Gasteiger partial charge is 0.338 e. The monoisotopic (exact) mass is 468 g/mol. The van der Waals surface area contributed by atoms with Gasteiger partial charge in [0.1, 0.15) is 5.75 Å². The van der Waals surface area contributed by atoms with Crippen LogP contribution in [0.4, 0.5) is 5.69 Å². The summed E-state index contributed by atoms with van der Waals surface area (Å²) in [5, 5.41) is 0.438. The molecule has 0 atom stereocenters. The second-order valence-electron chi connectivity index (χ2n) is 6.85. The van der Waals surface area contributed by atoms with E-state index in [0.29, 0.717) is 36.0 Å². The molecule has 0 aromatic heterocycles. The van der Waals surface area contributed by atoms with Gasteiger partial charge in [-0.1, -0.05) is 12.1 Å². The highest BCUT2D eigenvalue weighted by Crippen LogP contribution is 2.33. The van der Waals surface area contributed by atoms with Crippen molar-refractivity contribution in [2.24, 2.45) is 4.99 Å². The van der Waals surface area contributed by atoms with E-state index in [2.05, 4.69) is 9.73 Å². The van der Waals surface area contributed by atoms with Crippen LogP contribution in [0.2, 0.25) is 0 Å². The number of esters is 2. The zero-order chi connectivity index (χ0) is 23.8. The predicted molar refractivity (Wildman–Crippen MR) is 126 cm³/mol. The summed E-state index contributed by atoms with van der Waals surface area (Å²) in [6.07, 6.45) is 1.75. The Kier molecular flexibility index (Phi) is 8.26. The molecule has 0 N–H and O–H groups in total. The number of methoxy groups -OCH3 is 2. The molecule has 33 heavy (non-hydrogen) atoms. The lowest BCUT2D eigenvalue weighted by Gasteiger charge is -2.15. The van der Waals surface area contributed by atoms with Crippen molar-refractivity contribution >= 4 is 40.5 Å². The lowest BCUT2D eigenvalue weighted by molar-refractivity contribution is -0.135. The lowest BCUT2D eigenvalue weighted by atomic mass is 10.1. The molecule has 3 rings (SSSR count). The molecular formula is C24H24N2O6S. The van der Waals surface area contributed by atoms with Crippen LogP contribution < -0.4 is 4.74 Å². The minimum atomic E-state index is -0.610. The normalized spacial score (nSPS) is 15.7. The van der Waals surface area contributed by atoms with E-state index in [0.717, 1.165) is 23.1 Å². The van der Waals surface area contributed by atoms with E-state index in [1.54, 1.807) is 38.3 Å². The largest absolute Gasteiger partial charge is 0.497 e. The number of hydrogen-bond donors (Lipinski definition) is 0. The number of carbonyl (C=O) groups excluding carboxylic acids is 3. The molecule has 1 fully saturated rings. The first-order valence-corrected chi connectivity index (χ1v) is 11.0. The summed E-state index contributed by atoms with van der Waals surface area (Å²) in [4.78, 5) is 42.9. The molecule has 0 saturated carbocycles. The van der Waals surface area contributed by atoms with Crippen LogP contribution in [0.1, 0.15) is 22.8 Å². The maximum Gasteiger partial charge on any atom is 0.338 e. The first kappa shape index (κ1) is 24.1. The molecule has 0 unspecified atom stereocenters. The van der Waals surface area contributed by atoms with Crippen LogP contribution >= 0.6 is 11.8 Å². The number of amidine groups is 1. The third kappa shape index (κ3) is 6.23. The number of benzene rings is 2. The number of hydrogen-bond acceptors (Lipinski definition) is 8. The van der Waals surface area contributed by atoms with Gasteiger partial charge in [-0.05, 0) is 67.1 Å². The molecule has 2 aromatic carbocycles. The molecule has 1 heterocycles. The van der Waals surface area contributed by atoms with Crippen molar-refractivity contribution in [3.63, 3.8) is 0 Å². The Hall–Kier alpha value is -3.59. The first-order valence-electron chi connectivity index (χ1n) is 10.2. The van der Waals surface area contributed by atoms with E-state index in [9.17, 15) is 14.4 Å². The Labute approximate surface area is 196 Å². The third-order valence-corrected chi connectivity index (χ3v) is 5.73. The number of nitrogens with zero attached hydrogens (tertiary/aromatic N) is 2. The molecule has 0 radical (unpaired) electrons. The lowest BCUT2D eigenvalue weighted by Crippen LogP contribution is -2.31. The number of rotatable bonds is 8. The quantitative estimate of drug-likeness (QED) is 0.430. The maximum atomic E-state index is 13.0. The zero-order valence-corrected chi connectivity index (χ0v) is 19.4. The van der Waals surface area contributed by atoms with E-state index in [-0.39, 0.29) is 10.8 Å². The van der Waals surface area contributed by atoms with E-state index in [4.69, 9.17) is 9.47 Å². The van der Waals surface area contributed by atoms with Crippen LogP contribution in [-0.4, -0.2) is 55.3 Å². The van der Waals surface area contributed by atoms with Crippen LogP contribution in [0.25, 0.3) is 0 Å². The van der Waals surface area contributed by atoms with Crippen LogP contribution in [0.15, 0.2) is 64.5 Å². The van der Waals surface area contributed by atoms with Gasteiger partial charge in [0.15, 0.2) is 5.17 Å². The third-order valence-electron chi connectivity index (χ3n) is 4.72. The molecule has 1 saturated heterocycles. The molecule has 0 spiro atoms. The van der Waals surface area contributed by atoms with Crippen LogP contribution in [0, 0.1) is 0 Å². The molecule has 0 bridgehead atoms. The van der Waals surface area contributed by atoms with Crippen molar-refractivity contribution < 1.29 is 28.6 Å². The first-order chi connectivity index (χ1) is 15.9. The van der Waals surface area contributed by atoms with Gasteiger partial charge in [0.05, 0.1) is 37.0 Å². The van der Waals surface area contributed by atoms with Gasteiger partial charge in [-0.2, -0.15) is 0 Å². The van der Waals surface area contributed by atoms with Gasteiger partial charge in [0.25, 0.3) is 5.91 Å². The number of amides is 1. The second-order valence-corrected chi connectivity index (χ2v) is 7.86. The van der Waals surface area contributed by atoms with Gasteiger partial charge in [0, 0.05) is 12.6 Å². The van der Waals surface area contributed by atoms with Gasteiger partial charge in [0.2, 0.25) is 0 Å². The number of ether oxygens (including phenoxy) is 3. The summed E-state index contributed by atoms with van der Waals surface area (Å²) in [6, 6.07) is 14.2. The standard InChI is InChI=1S/C24H24N2O6S/c1-4-32-23(29)17-7-9-18(10-8-17)25-24-26(22(28)20(33-24)15-21(27)31-3)14-13-16-5-11-19(30-2)12-6-16/h5-12,15H,4,13-14H2,1-3H3. The fourth-order valence-electron chi connectivity index (χ4n) is 2.98. The van der Waals surface area contributed by atoms with Crippen molar-refractivity contribution in [2.45, 2.75) is 13.3 Å². The van der Waals surface area contributed by atoms with Gasteiger partial charge in [-0.25, -0.2) is 14.6 Å². The molecule has 172 valence electrons. The van der Waals surface area contributed by atoms with E-state index >= 15 is 0 Å². The molecule has 1 aliphatic heterocycles. The van der Waals surface area contributed by atoms with Crippen molar-refractivity contribution in [1.82, 2.24) is 4.90 Å². The Morgan fingerprint density at radius 2 is 1.76 bits per heavy atom. The van der Waals surface area contributed by atoms with Gasteiger partial charge in [-0.3, -0.25) is 9.69 Å². The van der Waals surface area contributed by atoms with Crippen LogP contribution in [0.3, 0.4) is 0 Å². The zero-order valence-electron chi connectivity index (χ0n) is 18.6. The number of aliphatic imine (C=N–C) groups is 1. The highest BCUT2D eigenvalue weighted by Gasteiger charge is 2.34. The van der Waals surface area contributed by atoms with Crippen molar-refractivity contribution in [3.05, 3.63) is 70.6 Å². The summed E-state index contributed by atoms with van der Waals surface area (Å²) < 4.78 is 14.8. The highest BCUT2D eigenvalue weighted by atomic mass is 32.2. The van der Waals surface area contributed by atoms with E-state index in [1.807, 2.05) is 24.3 Å². The van der Waals surface area contributed by atoms with E-state index in [1.165, 1.54) is 18.1 Å². The van der Waals surface area contributed by atoms with Crippen molar-refractivity contribution in [3.8, 4) is 5.75 Å².